The minimum absolute atomic E-state index is 0.0204. The molecule has 1 aromatic carbocycles. The van der Waals surface area contributed by atoms with E-state index in [4.69, 9.17) is 4.74 Å². The molecule has 0 spiro atoms. The number of ether oxygens (including phenoxy) is 1. The van der Waals surface area contributed by atoms with Crippen LogP contribution in [0.15, 0.2) is 24.3 Å². The standard InChI is InChI=1S/C20H28FN3O2/c1-14-13-26-9-8-23(14)17-11-19(22-20(25)12-17)24-7-3-6-18(24)15-4-2-5-16(21)10-15/h2,4-5,10,14,17-19H,3,6-9,11-13H2,1H3,(H,22,25)/t14-,17?,18?,19?/m1/s1. The van der Waals surface area contributed by atoms with E-state index in [-0.39, 0.29) is 30.0 Å². The highest BCUT2D eigenvalue weighted by atomic mass is 19.1. The Kier molecular flexibility index (Phi) is 5.25. The summed E-state index contributed by atoms with van der Waals surface area (Å²) in [5, 5.41) is 3.19. The second-order valence-corrected chi connectivity index (χ2v) is 7.79. The molecule has 0 radical (unpaired) electrons. The minimum Gasteiger partial charge on any atom is -0.379 e. The predicted molar refractivity (Wildman–Crippen MR) is 97.0 cm³/mol. The summed E-state index contributed by atoms with van der Waals surface area (Å²) >= 11 is 0. The number of rotatable bonds is 3. The lowest BCUT2D eigenvalue weighted by Gasteiger charge is -2.45. The van der Waals surface area contributed by atoms with Crippen molar-refractivity contribution in [1.82, 2.24) is 15.1 Å². The van der Waals surface area contributed by atoms with E-state index in [0.29, 0.717) is 12.5 Å². The molecule has 3 aliphatic heterocycles. The van der Waals surface area contributed by atoms with Gasteiger partial charge in [-0.3, -0.25) is 14.6 Å². The van der Waals surface area contributed by atoms with Crippen LogP contribution in [0.4, 0.5) is 4.39 Å². The van der Waals surface area contributed by atoms with Crippen molar-refractivity contribution in [3.05, 3.63) is 35.6 Å². The molecule has 142 valence electrons. The number of halogens is 1. The summed E-state index contributed by atoms with van der Waals surface area (Å²) in [7, 11) is 0. The minimum atomic E-state index is -0.193. The van der Waals surface area contributed by atoms with Gasteiger partial charge in [0.1, 0.15) is 5.82 Å². The normalized spacial score (nSPS) is 34.0. The number of carbonyl (C=O) groups is 1. The number of morpholine rings is 1. The monoisotopic (exact) mass is 361 g/mol. The third-order valence-corrected chi connectivity index (χ3v) is 6.06. The van der Waals surface area contributed by atoms with Gasteiger partial charge < -0.3 is 10.1 Å². The van der Waals surface area contributed by atoms with Gasteiger partial charge in [-0.05, 0) is 43.9 Å². The molecule has 4 atom stereocenters. The number of likely N-dealkylation sites (tertiary alicyclic amines) is 1. The molecule has 6 heteroatoms. The molecule has 3 heterocycles. The van der Waals surface area contributed by atoms with Crippen molar-refractivity contribution in [3.63, 3.8) is 0 Å². The van der Waals surface area contributed by atoms with E-state index in [1.807, 2.05) is 6.07 Å². The number of hydrogen-bond donors (Lipinski definition) is 1. The van der Waals surface area contributed by atoms with Crippen LogP contribution >= 0.6 is 0 Å². The van der Waals surface area contributed by atoms with Crippen molar-refractivity contribution < 1.29 is 13.9 Å². The largest absolute Gasteiger partial charge is 0.379 e. The van der Waals surface area contributed by atoms with Crippen molar-refractivity contribution >= 4 is 5.91 Å². The third kappa shape index (κ3) is 3.63. The number of nitrogens with one attached hydrogen (secondary N) is 1. The van der Waals surface area contributed by atoms with Crippen molar-refractivity contribution in [2.24, 2.45) is 0 Å². The summed E-state index contributed by atoms with van der Waals surface area (Å²) < 4.78 is 19.2. The van der Waals surface area contributed by atoms with Crippen LogP contribution in [0, 0.1) is 5.82 Å². The Morgan fingerprint density at radius 1 is 1.27 bits per heavy atom. The van der Waals surface area contributed by atoms with E-state index in [1.54, 1.807) is 12.1 Å². The summed E-state index contributed by atoms with van der Waals surface area (Å²) in [6.07, 6.45) is 3.58. The Labute approximate surface area is 154 Å². The lowest BCUT2D eigenvalue weighted by atomic mass is 9.97. The molecule has 3 unspecified atom stereocenters. The van der Waals surface area contributed by atoms with Gasteiger partial charge in [-0.1, -0.05) is 12.1 Å². The third-order valence-electron chi connectivity index (χ3n) is 6.06. The molecule has 0 aliphatic carbocycles. The molecule has 3 fully saturated rings. The second-order valence-electron chi connectivity index (χ2n) is 7.79. The van der Waals surface area contributed by atoms with Crippen LogP contribution in [0.3, 0.4) is 0 Å². The highest BCUT2D eigenvalue weighted by molar-refractivity contribution is 5.77. The second kappa shape index (κ2) is 7.62. The lowest BCUT2D eigenvalue weighted by Crippen LogP contribution is -2.59. The number of benzene rings is 1. The maximum absolute atomic E-state index is 13.7. The number of carbonyl (C=O) groups excluding carboxylic acids is 1. The Morgan fingerprint density at radius 3 is 2.96 bits per heavy atom. The highest BCUT2D eigenvalue weighted by Gasteiger charge is 2.39. The average Bonchev–Trinajstić information content (AvgIpc) is 3.11. The van der Waals surface area contributed by atoms with Gasteiger partial charge in [-0.15, -0.1) is 0 Å². The van der Waals surface area contributed by atoms with Gasteiger partial charge in [0.2, 0.25) is 5.91 Å². The number of nitrogens with zero attached hydrogens (tertiary/aromatic N) is 2. The van der Waals surface area contributed by atoms with Gasteiger partial charge in [0, 0.05) is 37.6 Å². The van der Waals surface area contributed by atoms with Crippen LogP contribution in [0.2, 0.25) is 0 Å². The van der Waals surface area contributed by atoms with Crippen molar-refractivity contribution in [1.29, 1.82) is 0 Å². The maximum atomic E-state index is 13.7. The SMILES string of the molecule is C[C@@H]1COCCN1C1CC(=O)NC(N2CCCC2c2cccc(F)c2)C1. The van der Waals surface area contributed by atoms with E-state index in [9.17, 15) is 9.18 Å². The molecule has 1 N–H and O–H groups in total. The molecule has 0 saturated carbocycles. The van der Waals surface area contributed by atoms with Crippen molar-refractivity contribution in [2.45, 2.75) is 56.9 Å². The summed E-state index contributed by atoms with van der Waals surface area (Å²) in [6, 6.07) is 7.67. The zero-order valence-corrected chi connectivity index (χ0v) is 15.4. The highest BCUT2D eigenvalue weighted by Crippen LogP contribution is 2.36. The van der Waals surface area contributed by atoms with Gasteiger partial charge in [-0.25, -0.2) is 4.39 Å². The molecule has 4 rings (SSSR count). The summed E-state index contributed by atoms with van der Waals surface area (Å²) in [5.74, 6) is -0.0723. The van der Waals surface area contributed by atoms with Crippen LogP contribution in [-0.2, 0) is 9.53 Å². The molecule has 5 nitrogen and oxygen atoms in total. The fraction of sp³-hybridized carbons (Fsp3) is 0.650. The molecule has 0 bridgehead atoms. The van der Waals surface area contributed by atoms with Crippen molar-refractivity contribution in [2.75, 3.05) is 26.3 Å². The number of amides is 1. The van der Waals surface area contributed by atoms with E-state index in [0.717, 1.165) is 51.1 Å². The fourth-order valence-corrected chi connectivity index (χ4v) is 4.85. The average molecular weight is 361 g/mol. The van der Waals surface area contributed by atoms with Crippen LogP contribution in [0.5, 0.6) is 0 Å². The summed E-state index contributed by atoms with van der Waals surface area (Å²) in [4.78, 5) is 17.2. The Morgan fingerprint density at radius 2 is 2.15 bits per heavy atom. The Bertz CT molecular complexity index is 656. The molecular formula is C20H28FN3O2. The van der Waals surface area contributed by atoms with Crippen LogP contribution in [0.25, 0.3) is 0 Å². The zero-order valence-electron chi connectivity index (χ0n) is 15.4. The maximum Gasteiger partial charge on any atom is 0.222 e. The first kappa shape index (κ1) is 17.9. The topological polar surface area (TPSA) is 44.8 Å². The van der Waals surface area contributed by atoms with E-state index in [1.165, 1.54) is 6.07 Å². The summed E-state index contributed by atoms with van der Waals surface area (Å²) in [5.41, 5.74) is 1.01. The molecule has 0 aromatic heterocycles. The first-order valence-corrected chi connectivity index (χ1v) is 9.76. The van der Waals surface area contributed by atoms with Crippen LogP contribution in [-0.4, -0.2) is 60.3 Å². The lowest BCUT2D eigenvalue weighted by molar-refractivity contribution is -0.130. The quantitative estimate of drug-likeness (QED) is 0.897. The Balaban J connectivity index is 1.51. The molecule has 26 heavy (non-hydrogen) atoms. The van der Waals surface area contributed by atoms with E-state index >= 15 is 0 Å². The Hall–Kier alpha value is -1.50. The van der Waals surface area contributed by atoms with Crippen LogP contribution in [0.1, 0.15) is 44.2 Å². The van der Waals surface area contributed by atoms with Gasteiger partial charge in [0.25, 0.3) is 0 Å². The first-order chi connectivity index (χ1) is 12.6. The molecule has 1 aromatic rings. The first-order valence-electron chi connectivity index (χ1n) is 9.76. The number of piperidine rings is 1. The van der Waals surface area contributed by atoms with Gasteiger partial charge in [0.05, 0.1) is 19.4 Å². The molecule has 3 aliphatic rings. The van der Waals surface area contributed by atoms with Gasteiger partial charge in [-0.2, -0.15) is 0 Å². The molecule has 1 amide bonds. The van der Waals surface area contributed by atoms with E-state index in [2.05, 4.69) is 22.0 Å². The molecular weight excluding hydrogens is 333 g/mol. The fourth-order valence-electron chi connectivity index (χ4n) is 4.85. The van der Waals surface area contributed by atoms with Crippen molar-refractivity contribution in [3.8, 4) is 0 Å². The molecule has 3 saturated heterocycles. The smallest absolute Gasteiger partial charge is 0.222 e. The zero-order chi connectivity index (χ0) is 18.1. The van der Waals surface area contributed by atoms with E-state index < -0.39 is 0 Å². The van der Waals surface area contributed by atoms with Crippen LogP contribution < -0.4 is 5.32 Å². The predicted octanol–water partition coefficient (Wildman–Crippen LogP) is 2.29. The number of hydrogen-bond acceptors (Lipinski definition) is 4. The van der Waals surface area contributed by atoms with Gasteiger partial charge >= 0.3 is 0 Å². The summed E-state index contributed by atoms with van der Waals surface area (Å²) in [6.45, 7) is 5.48. The van der Waals surface area contributed by atoms with Gasteiger partial charge in [0.15, 0.2) is 0 Å².